The number of hydrogen-bond acceptors (Lipinski definition) is 3. The molecule has 0 saturated carbocycles. The van der Waals surface area contributed by atoms with E-state index in [0.29, 0.717) is 5.57 Å². The van der Waals surface area contributed by atoms with Crippen LogP contribution in [0.4, 0.5) is 0 Å². The first-order chi connectivity index (χ1) is 7.75. The zero-order chi connectivity index (χ0) is 11.1. The Bertz CT molecular complexity index is 551. The molecule has 0 radical (unpaired) electrons. The molecule has 3 nitrogen and oxygen atoms in total. The number of imide groups is 1. The summed E-state index contributed by atoms with van der Waals surface area (Å²) >= 11 is 1.51. The van der Waals surface area contributed by atoms with Crippen molar-refractivity contribution in [3.8, 4) is 0 Å². The zero-order valence-electron chi connectivity index (χ0n) is 8.45. The van der Waals surface area contributed by atoms with E-state index >= 15 is 0 Å². The summed E-state index contributed by atoms with van der Waals surface area (Å²) in [4.78, 5) is 23.6. The van der Waals surface area contributed by atoms with Crippen molar-refractivity contribution in [1.82, 2.24) is 5.32 Å². The number of rotatable bonds is 2. The van der Waals surface area contributed by atoms with Gasteiger partial charge in [0.25, 0.3) is 11.8 Å². The number of hydrogen-bond donors (Lipinski definition) is 1. The number of carbonyl (C=O) groups is 2. The second-order valence-electron chi connectivity index (χ2n) is 3.81. The van der Waals surface area contributed by atoms with E-state index in [-0.39, 0.29) is 11.8 Å². The van der Waals surface area contributed by atoms with Crippen molar-refractivity contribution in [1.29, 1.82) is 0 Å². The quantitative estimate of drug-likeness (QED) is 0.791. The van der Waals surface area contributed by atoms with Crippen molar-refractivity contribution in [2.75, 3.05) is 0 Å². The van der Waals surface area contributed by atoms with Crippen molar-refractivity contribution < 1.29 is 9.59 Å². The second-order valence-corrected chi connectivity index (χ2v) is 4.72. The van der Waals surface area contributed by atoms with Crippen LogP contribution in [0.2, 0.25) is 0 Å². The molecule has 1 aromatic heterocycles. The highest BCUT2D eigenvalue weighted by Crippen LogP contribution is 2.37. The molecule has 0 aromatic carbocycles. The summed E-state index contributed by atoms with van der Waals surface area (Å²) in [5, 5.41) is 4.23. The molecule has 4 heteroatoms. The number of carbonyl (C=O) groups excluding carboxylic acids is 2. The Kier molecular flexibility index (Phi) is 2.04. The van der Waals surface area contributed by atoms with Gasteiger partial charge in [-0.2, -0.15) is 0 Å². The molecule has 1 aliphatic heterocycles. The fraction of sp³-hybridized carbons (Fsp3) is 0.167. The largest absolute Gasteiger partial charge is 0.289 e. The third-order valence-corrected chi connectivity index (χ3v) is 3.76. The number of thiophene rings is 1. The van der Waals surface area contributed by atoms with Crippen LogP contribution in [-0.4, -0.2) is 11.8 Å². The Morgan fingerprint density at radius 3 is 2.69 bits per heavy atom. The standard InChI is InChI=1S/C12H9NO2S/c14-10-6-9(12(15)13-10)11-8(4-5-16-11)7-2-1-3-7/h2,4-6H,1,3H2,(H,13,14,15). The molecule has 0 spiro atoms. The van der Waals surface area contributed by atoms with E-state index in [1.165, 1.54) is 23.0 Å². The van der Waals surface area contributed by atoms with Crippen molar-refractivity contribution in [3.63, 3.8) is 0 Å². The normalized spacial score (nSPS) is 19.0. The predicted molar refractivity (Wildman–Crippen MR) is 62.7 cm³/mol. The van der Waals surface area contributed by atoms with Crippen LogP contribution in [0.3, 0.4) is 0 Å². The summed E-state index contributed by atoms with van der Waals surface area (Å²) < 4.78 is 0. The van der Waals surface area contributed by atoms with Crippen molar-refractivity contribution in [2.24, 2.45) is 0 Å². The van der Waals surface area contributed by atoms with Gasteiger partial charge in [0.15, 0.2) is 0 Å². The number of amides is 2. The van der Waals surface area contributed by atoms with Gasteiger partial charge in [0, 0.05) is 11.0 Å². The Morgan fingerprint density at radius 1 is 1.31 bits per heavy atom. The molecule has 2 aliphatic rings. The first kappa shape index (κ1) is 9.54. The van der Waals surface area contributed by atoms with E-state index in [4.69, 9.17) is 0 Å². The van der Waals surface area contributed by atoms with Crippen LogP contribution >= 0.6 is 11.3 Å². The van der Waals surface area contributed by atoms with Gasteiger partial charge in [-0.25, -0.2) is 0 Å². The summed E-state index contributed by atoms with van der Waals surface area (Å²) in [6.45, 7) is 0. The predicted octanol–water partition coefficient (Wildman–Crippen LogP) is 1.97. The molecular weight excluding hydrogens is 222 g/mol. The third kappa shape index (κ3) is 1.34. The molecule has 0 saturated heterocycles. The van der Waals surface area contributed by atoms with E-state index in [9.17, 15) is 9.59 Å². The maximum atomic E-state index is 11.6. The van der Waals surface area contributed by atoms with Gasteiger partial charge >= 0.3 is 0 Å². The monoisotopic (exact) mass is 231 g/mol. The van der Waals surface area contributed by atoms with Crippen molar-refractivity contribution in [3.05, 3.63) is 34.0 Å². The summed E-state index contributed by atoms with van der Waals surface area (Å²) in [6, 6.07) is 2.02. The lowest BCUT2D eigenvalue weighted by molar-refractivity contribution is -0.123. The minimum absolute atomic E-state index is 0.284. The van der Waals surface area contributed by atoms with Gasteiger partial charge in [0.05, 0.1) is 5.57 Å². The lowest BCUT2D eigenvalue weighted by atomic mass is 9.91. The molecule has 0 fully saturated rings. The molecule has 2 heterocycles. The van der Waals surface area contributed by atoms with Crippen LogP contribution in [0.5, 0.6) is 0 Å². The summed E-state index contributed by atoms with van der Waals surface area (Å²) in [5.74, 6) is -0.601. The van der Waals surface area contributed by atoms with Gasteiger partial charge in [0.1, 0.15) is 0 Å². The lowest BCUT2D eigenvalue weighted by Crippen LogP contribution is -2.21. The highest BCUT2D eigenvalue weighted by molar-refractivity contribution is 7.12. The molecule has 3 rings (SSSR count). The van der Waals surface area contributed by atoms with Gasteiger partial charge in [0.2, 0.25) is 0 Å². The average Bonchev–Trinajstić information content (AvgIpc) is 2.70. The van der Waals surface area contributed by atoms with Crippen LogP contribution in [0, 0.1) is 0 Å². The third-order valence-electron chi connectivity index (χ3n) is 2.82. The molecule has 0 unspecified atom stereocenters. The average molecular weight is 231 g/mol. The minimum Gasteiger partial charge on any atom is -0.289 e. The summed E-state index contributed by atoms with van der Waals surface area (Å²) in [7, 11) is 0. The van der Waals surface area contributed by atoms with Gasteiger partial charge in [-0.3, -0.25) is 14.9 Å². The molecule has 2 amide bonds. The van der Waals surface area contributed by atoms with Gasteiger partial charge in [-0.05, 0) is 35.4 Å². The van der Waals surface area contributed by atoms with Crippen LogP contribution in [0.25, 0.3) is 11.1 Å². The molecule has 16 heavy (non-hydrogen) atoms. The van der Waals surface area contributed by atoms with Crippen LogP contribution in [0.1, 0.15) is 23.3 Å². The van der Waals surface area contributed by atoms with Gasteiger partial charge in [-0.15, -0.1) is 11.3 Å². The van der Waals surface area contributed by atoms with E-state index in [0.717, 1.165) is 23.3 Å². The molecule has 1 aliphatic carbocycles. The topological polar surface area (TPSA) is 46.2 Å². The Balaban J connectivity index is 2.07. The van der Waals surface area contributed by atoms with Gasteiger partial charge < -0.3 is 0 Å². The summed E-state index contributed by atoms with van der Waals surface area (Å²) in [5.41, 5.74) is 2.89. The maximum Gasteiger partial charge on any atom is 0.259 e. The molecule has 1 N–H and O–H groups in total. The van der Waals surface area contributed by atoms with Crippen molar-refractivity contribution >= 4 is 34.3 Å². The lowest BCUT2D eigenvalue weighted by Gasteiger charge is -2.14. The minimum atomic E-state index is -0.318. The van der Waals surface area contributed by atoms with E-state index in [1.807, 2.05) is 11.4 Å². The van der Waals surface area contributed by atoms with Crippen LogP contribution in [-0.2, 0) is 9.59 Å². The maximum absolute atomic E-state index is 11.6. The number of allylic oxidation sites excluding steroid dienone is 2. The number of nitrogens with one attached hydrogen (secondary N) is 1. The molecule has 0 bridgehead atoms. The Hall–Kier alpha value is -1.68. The smallest absolute Gasteiger partial charge is 0.259 e. The molecule has 0 atom stereocenters. The van der Waals surface area contributed by atoms with Crippen molar-refractivity contribution in [2.45, 2.75) is 12.8 Å². The Morgan fingerprint density at radius 2 is 2.12 bits per heavy atom. The first-order valence-corrected chi connectivity index (χ1v) is 5.98. The molecule has 80 valence electrons. The SMILES string of the molecule is O=C1C=C(c2sccc2C2=CCC2)C(=O)N1. The fourth-order valence-electron chi connectivity index (χ4n) is 1.88. The van der Waals surface area contributed by atoms with E-state index in [1.54, 1.807) is 0 Å². The zero-order valence-corrected chi connectivity index (χ0v) is 9.26. The fourth-order valence-corrected chi connectivity index (χ4v) is 2.83. The highest BCUT2D eigenvalue weighted by atomic mass is 32.1. The van der Waals surface area contributed by atoms with Gasteiger partial charge in [-0.1, -0.05) is 6.08 Å². The second kappa shape index (κ2) is 3.42. The first-order valence-electron chi connectivity index (χ1n) is 5.10. The Labute approximate surface area is 96.5 Å². The molecule has 1 aromatic rings. The van der Waals surface area contributed by atoms with Crippen LogP contribution < -0.4 is 5.32 Å². The highest BCUT2D eigenvalue weighted by Gasteiger charge is 2.26. The van der Waals surface area contributed by atoms with E-state index in [2.05, 4.69) is 11.4 Å². The molecular formula is C12H9NO2S. The van der Waals surface area contributed by atoms with E-state index < -0.39 is 0 Å². The van der Waals surface area contributed by atoms with Crippen LogP contribution in [0.15, 0.2) is 23.6 Å². The summed E-state index contributed by atoms with van der Waals surface area (Å²) in [6.07, 6.45) is 5.72.